The Morgan fingerprint density at radius 3 is 2.71 bits per heavy atom. The molecule has 156 valence electrons. The number of amides is 2. The Hall–Kier alpha value is -2.67. The first kappa shape index (κ1) is 23.4. The number of hydrogen-bond donors (Lipinski definition) is 3. The van der Waals surface area contributed by atoms with E-state index in [-0.39, 0.29) is 12.6 Å². The van der Waals surface area contributed by atoms with E-state index in [4.69, 9.17) is 4.74 Å². The second-order valence-electron chi connectivity index (χ2n) is 6.84. The number of aromatic nitrogens is 1. The van der Waals surface area contributed by atoms with Gasteiger partial charge in [0.25, 0.3) is 0 Å². The number of nitro groups is 1. The second kappa shape index (κ2) is 11.2. The van der Waals surface area contributed by atoms with Crippen LogP contribution in [-0.2, 0) is 9.53 Å². The molecule has 2 amide bonds. The summed E-state index contributed by atoms with van der Waals surface area (Å²) in [7, 11) is 0. The molecule has 12 nitrogen and oxygen atoms in total. The maximum atomic E-state index is 12.6. The van der Waals surface area contributed by atoms with E-state index in [2.05, 4.69) is 31.3 Å². The van der Waals surface area contributed by atoms with E-state index in [0.717, 1.165) is 0 Å². The summed E-state index contributed by atoms with van der Waals surface area (Å²) >= 11 is 1.26. The highest BCUT2D eigenvalue weighted by Gasteiger charge is 2.29. The van der Waals surface area contributed by atoms with Crippen LogP contribution < -0.4 is 16.0 Å². The Kier molecular flexibility index (Phi) is 9.38. The van der Waals surface area contributed by atoms with Crippen LogP contribution in [0.25, 0.3) is 0 Å². The topological polar surface area (TPSA) is 160 Å². The summed E-state index contributed by atoms with van der Waals surface area (Å²) in [6, 6.07) is -0.860. The number of rotatable bonds is 10. The molecule has 28 heavy (non-hydrogen) atoms. The summed E-state index contributed by atoms with van der Waals surface area (Å²) in [5.41, 5.74) is -0.701. The lowest BCUT2D eigenvalue weighted by Crippen LogP contribution is -2.49. The molecule has 13 heteroatoms. The molecule has 1 heterocycles. The van der Waals surface area contributed by atoms with Gasteiger partial charge in [0.05, 0.1) is 10.1 Å². The lowest BCUT2D eigenvalue weighted by atomic mass is 9.97. The lowest BCUT2D eigenvalue weighted by Gasteiger charge is -2.26. The van der Waals surface area contributed by atoms with E-state index < -0.39 is 28.7 Å². The van der Waals surface area contributed by atoms with Gasteiger partial charge in [-0.05, 0) is 39.7 Å². The lowest BCUT2D eigenvalue weighted by molar-refractivity contribution is -0.494. The first-order valence-electron chi connectivity index (χ1n) is 8.51. The summed E-state index contributed by atoms with van der Waals surface area (Å²) in [6.45, 7) is 7.36. The van der Waals surface area contributed by atoms with Crippen LogP contribution in [0.5, 0.6) is 0 Å². The van der Waals surface area contributed by atoms with Crippen LogP contribution in [-0.4, -0.2) is 46.9 Å². The third-order valence-corrected chi connectivity index (χ3v) is 3.97. The molecule has 0 saturated carbocycles. The normalized spacial score (nSPS) is 13.7. The molecule has 1 aromatic rings. The minimum atomic E-state index is -0.895. The molecule has 0 radical (unpaired) electrons. The Morgan fingerprint density at radius 1 is 1.43 bits per heavy atom. The fourth-order valence-corrected chi connectivity index (χ4v) is 2.61. The first-order valence-corrected chi connectivity index (χ1v) is 9.39. The molecule has 0 fully saturated rings. The van der Waals surface area contributed by atoms with Crippen LogP contribution in [0, 0.1) is 16.0 Å². The van der Waals surface area contributed by atoms with Gasteiger partial charge in [0, 0.05) is 11.6 Å². The number of nitrogens with zero attached hydrogens (tertiary/aromatic N) is 4. The first-order chi connectivity index (χ1) is 13.1. The highest BCUT2D eigenvalue weighted by molar-refractivity contribution is 7.13. The number of carbonyl (C=O) groups is 2. The zero-order valence-electron chi connectivity index (χ0n) is 16.2. The van der Waals surface area contributed by atoms with Crippen LogP contribution in [0.1, 0.15) is 34.1 Å². The Morgan fingerprint density at radius 2 is 2.14 bits per heavy atom. The third-order valence-electron chi connectivity index (χ3n) is 3.28. The highest BCUT2D eigenvalue weighted by Crippen LogP contribution is 2.15. The van der Waals surface area contributed by atoms with Crippen LogP contribution in [0.15, 0.2) is 21.9 Å². The molecule has 3 N–H and O–H groups in total. The van der Waals surface area contributed by atoms with Crippen molar-refractivity contribution in [3.8, 4) is 0 Å². The highest BCUT2D eigenvalue weighted by atomic mass is 32.1. The van der Waals surface area contributed by atoms with Crippen molar-refractivity contribution in [1.29, 1.82) is 0 Å². The van der Waals surface area contributed by atoms with Crippen molar-refractivity contribution in [2.45, 2.75) is 45.8 Å². The predicted molar refractivity (Wildman–Crippen MR) is 102 cm³/mol. The smallest absolute Gasteiger partial charge is 0.408 e. The minimum absolute atomic E-state index is 0.0246. The van der Waals surface area contributed by atoms with Crippen molar-refractivity contribution >= 4 is 28.5 Å². The van der Waals surface area contributed by atoms with Crippen LogP contribution in [0.4, 0.5) is 9.93 Å². The second-order valence-corrected chi connectivity index (χ2v) is 7.74. The van der Waals surface area contributed by atoms with Gasteiger partial charge in [0.15, 0.2) is 10.4 Å². The molecule has 0 aliphatic rings. The number of carbonyl (C=O) groups excluding carboxylic acids is 2. The molecule has 0 aliphatic heterocycles. The molecule has 0 bridgehead atoms. The Labute approximate surface area is 166 Å². The third kappa shape index (κ3) is 9.87. The van der Waals surface area contributed by atoms with Crippen LogP contribution >= 0.6 is 11.3 Å². The van der Waals surface area contributed by atoms with Crippen molar-refractivity contribution in [2.24, 2.45) is 16.3 Å². The van der Waals surface area contributed by atoms with E-state index >= 15 is 0 Å². The zero-order chi connectivity index (χ0) is 21.2. The summed E-state index contributed by atoms with van der Waals surface area (Å²) in [4.78, 5) is 38.8. The van der Waals surface area contributed by atoms with Crippen molar-refractivity contribution in [3.63, 3.8) is 0 Å². The summed E-state index contributed by atoms with van der Waals surface area (Å²) in [6.07, 6.45) is 1.34. The van der Waals surface area contributed by atoms with Crippen molar-refractivity contribution in [1.82, 2.24) is 15.6 Å². The van der Waals surface area contributed by atoms with Gasteiger partial charge in [-0.15, -0.1) is 11.3 Å². The van der Waals surface area contributed by atoms with Gasteiger partial charge in [-0.25, -0.2) is 9.78 Å². The summed E-state index contributed by atoms with van der Waals surface area (Å²) in [5.74, 6) is -0.686. The number of alkyl carbamates (subject to hydrolysis) is 1. The van der Waals surface area contributed by atoms with Crippen LogP contribution in [0.2, 0.25) is 0 Å². The predicted octanol–water partition coefficient (Wildman–Crippen LogP) is 2.19. The zero-order valence-corrected chi connectivity index (χ0v) is 17.0. The van der Waals surface area contributed by atoms with Gasteiger partial charge in [-0.2, -0.15) is 0 Å². The molecule has 1 rings (SSSR count). The van der Waals surface area contributed by atoms with Crippen molar-refractivity contribution < 1.29 is 19.4 Å². The fourth-order valence-electron chi connectivity index (χ4n) is 2.08. The van der Waals surface area contributed by atoms with Crippen LogP contribution in [0.3, 0.4) is 0 Å². The van der Waals surface area contributed by atoms with Gasteiger partial charge < -0.3 is 25.5 Å². The molecule has 0 saturated heterocycles. The largest absolute Gasteiger partial charge is 0.444 e. The molecule has 0 unspecified atom stereocenters. The molecule has 1 aromatic heterocycles. The molecule has 0 spiro atoms. The molecule has 0 aromatic carbocycles. The van der Waals surface area contributed by atoms with E-state index in [9.17, 15) is 19.7 Å². The molecule has 0 aliphatic carbocycles. The van der Waals surface area contributed by atoms with Gasteiger partial charge in [-0.1, -0.05) is 6.92 Å². The molecular formula is C15H25N7O5S. The number of thiazole rings is 1. The fraction of sp³-hybridized carbons (Fsp3) is 0.667. The number of anilines is 1. The quantitative estimate of drug-likeness (QED) is 0.228. The standard InChI is InChI=1S/C15H25N7O5S/c1-10(5-6-16-9-18-21-22(25)26)11(19-14(24)27-15(2,3)4)12(23)20-13-17-7-8-28-13/h7-8,10-11,16H,5-6,9H2,1-4H3,(H,19,24)(H,17,20,23)/t10-,11+/m1/s1. The number of ether oxygens (including phenoxy) is 1. The van der Waals surface area contributed by atoms with Gasteiger partial charge in [-0.3, -0.25) is 10.1 Å². The SMILES string of the molecule is C[C@H](CCNCN=N[N+](=O)[O-])[C@H](NC(=O)OC(C)(C)C)C(=O)Nc1nccs1. The van der Waals surface area contributed by atoms with E-state index in [1.54, 1.807) is 39.3 Å². The van der Waals surface area contributed by atoms with E-state index in [1.807, 2.05) is 0 Å². The molecule has 2 atom stereocenters. The summed E-state index contributed by atoms with van der Waals surface area (Å²) < 4.78 is 5.23. The maximum Gasteiger partial charge on any atom is 0.408 e. The molecular weight excluding hydrogens is 390 g/mol. The Bertz CT molecular complexity index is 675. The van der Waals surface area contributed by atoms with E-state index in [1.165, 1.54) is 11.3 Å². The number of hydrogen-bond acceptors (Lipinski definition) is 9. The summed E-state index contributed by atoms with van der Waals surface area (Å²) in [5, 5.41) is 25.5. The average molecular weight is 415 g/mol. The van der Waals surface area contributed by atoms with Gasteiger partial charge >= 0.3 is 6.09 Å². The van der Waals surface area contributed by atoms with Gasteiger partial charge in [0.1, 0.15) is 11.6 Å². The van der Waals surface area contributed by atoms with Crippen molar-refractivity contribution in [3.05, 3.63) is 21.7 Å². The average Bonchev–Trinajstić information content (AvgIpc) is 3.06. The number of nitrogens with one attached hydrogen (secondary N) is 3. The van der Waals surface area contributed by atoms with Crippen molar-refractivity contribution in [2.75, 3.05) is 18.5 Å². The monoisotopic (exact) mass is 415 g/mol. The minimum Gasteiger partial charge on any atom is -0.444 e. The van der Waals surface area contributed by atoms with Gasteiger partial charge in [0.2, 0.25) is 12.6 Å². The van der Waals surface area contributed by atoms with E-state index in [0.29, 0.717) is 18.1 Å². The maximum absolute atomic E-state index is 12.6. The Balaban J connectivity index is 2.65.